The van der Waals surface area contributed by atoms with E-state index in [1.807, 2.05) is 20.8 Å². The van der Waals surface area contributed by atoms with E-state index in [2.05, 4.69) is 57.5 Å². The molecule has 1 atom stereocenters. The lowest BCUT2D eigenvalue weighted by Gasteiger charge is -2.16. The van der Waals surface area contributed by atoms with Crippen molar-refractivity contribution in [2.45, 2.75) is 80.2 Å². The largest absolute Gasteiger partial charge is 0.394 e. The maximum atomic E-state index is 9.71. The molecule has 3 heterocycles. The summed E-state index contributed by atoms with van der Waals surface area (Å²) in [5.74, 6) is 0.403. The second-order valence-corrected chi connectivity index (χ2v) is 7.53. The quantitative estimate of drug-likeness (QED) is 0.575. The Labute approximate surface area is 175 Å². The molecule has 0 spiro atoms. The first-order valence-corrected chi connectivity index (χ1v) is 10.9. The molecule has 0 aliphatic rings. The van der Waals surface area contributed by atoms with Gasteiger partial charge in [-0.05, 0) is 50.3 Å². The number of nitrogens with zero attached hydrogens (tertiary/aromatic N) is 4. The third-order valence-corrected chi connectivity index (χ3v) is 5.26. The molecule has 1 unspecified atom stereocenters. The van der Waals surface area contributed by atoms with Gasteiger partial charge in [0.1, 0.15) is 5.52 Å². The molecule has 5 nitrogen and oxygen atoms in total. The highest BCUT2D eigenvalue weighted by Gasteiger charge is 2.19. The Bertz CT molecular complexity index is 955. The fraction of sp³-hybridized carbons (Fsp3) is 0.542. The van der Waals surface area contributed by atoms with Gasteiger partial charge < -0.3 is 9.67 Å². The van der Waals surface area contributed by atoms with Gasteiger partial charge in [-0.25, -0.2) is 9.97 Å². The molecule has 0 fully saturated rings. The molecular weight excluding hydrogens is 360 g/mol. The summed E-state index contributed by atoms with van der Waals surface area (Å²) in [6.07, 6.45) is 3.76. The van der Waals surface area contributed by atoms with Crippen LogP contribution in [0.5, 0.6) is 0 Å². The highest BCUT2D eigenvalue weighted by molar-refractivity contribution is 5.80. The maximum Gasteiger partial charge on any atom is 0.159 e. The number of hydrogen-bond acceptors (Lipinski definition) is 4. The van der Waals surface area contributed by atoms with Gasteiger partial charge in [0.05, 0.1) is 24.0 Å². The maximum absolute atomic E-state index is 9.71. The summed E-state index contributed by atoms with van der Waals surface area (Å²) in [4.78, 5) is 14.7. The molecule has 0 saturated heterocycles. The van der Waals surface area contributed by atoms with Crippen molar-refractivity contribution in [1.82, 2.24) is 19.5 Å². The molecule has 29 heavy (non-hydrogen) atoms. The van der Waals surface area contributed by atoms with Crippen LogP contribution in [-0.2, 0) is 6.42 Å². The highest BCUT2D eigenvalue weighted by Crippen LogP contribution is 2.30. The third kappa shape index (κ3) is 4.50. The second kappa shape index (κ2) is 9.97. The van der Waals surface area contributed by atoms with Crippen LogP contribution >= 0.6 is 0 Å². The average Bonchev–Trinajstić information content (AvgIpc) is 3.04. The number of aliphatic hydroxyl groups is 1. The van der Waals surface area contributed by atoms with Crippen LogP contribution in [0.4, 0.5) is 0 Å². The van der Waals surface area contributed by atoms with Crippen LogP contribution in [0.15, 0.2) is 18.3 Å². The smallest absolute Gasteiger partial charge is 0.159 e. The molecule has 5 heteroatoms. The van der Waals surface area contributed by atoms with Crippen LogP contribution in [0, 0.1) is 13.8 Å². The molecular formula is C24H36N4O. The summed E-state index contributed by atoms with van der Waals surface area (Å²) < 4.78 is 2.06. The Balaban J connectivity index is 0.00000145. The minimum Gasteiger partial charge on any atom is -0.394 e. The van der Waals surface area contributed by atoms with E-state index in [0.717, 1.165) is 57.9 Å². The molecule has 158 valence electrons. The third-order valence-electron chi connectivity index (χ3n) is 5.26. The van der Waals surface area contributed by atoms with E-state index in [4.69, 9.17) is 15.0 Å². The summed E-state index contributed by atoms with van der Waals surface area (Å²) in [7, 11) is 0. The standard InChI is InChI=1S/C22H30N4O.C2H6/c1-7-16(12-27)26-11-14(5)20-22(26)23-15(6)21(25-20)17-9-10-19(13(3)4)24-18(17)8-2;1-2/h9-11,13,16,27H,7-8,12H2,1-6H3;1-2H3. The lowest BCUT2D eigenvalue weighted by molar-refractivity contribution is 0.227. The first kappa shape index (κ1) is 23.0. The molecule has 0 radical (unpaired) electrons. The van der Waals surface area contributed by atoms with Gasteiger partial charge in [-0.2, -0.15) is 0 Å². The van der Waals surface area contributed by atoms with Crippen LogP contribution in [0.1, 0.15) is 82.6 Å². The van der Waals surface area contributed by atoms with Crippen molar-refractivity contribution in [2.24, 2.45) is 0 Å². The van der Waals surface area contributed by atoms with E-state index in [1.165, 1.54) is 0 Å². The van der Waals surface area contributed by atoms with Gasteiger partial charge in [-0.1, -0.05) is 41.5 Å². The number of aryl methyl sites for hydroxylation is 3. The number of hydrogen-bond donors (Lipinski definition) is 1. The van der Waals surface area contributed by atoms with Crippen LogP contribution < -0.4 is 0 Å². The minimum atomic E-state index is 0.0268. The molecule has 0 aromatic carbocycles. The minimum absolute atomic E-state index is 0.0268. The summed E-state index contributed by atoms with van der Waals surface area (Å²) >= 11 is 0. The van der Waals surface area contributed by atoms with E-state index in [9.17, 15) is 5.11 Å². The topological polar surface area (TPSA) is 63.8 Å². The Morgan fingerprint density at radius 3 is 2.28 bits per heavy atom. The Morgan fingerprint density at radius 2 is 1.72 bits per heavy atom. The van der Waals surface area contributed by atoms with Crippen molar-refractivity contribution in [1.29, 1.82) is 0 Å². The van der Waals surface area contributed by atoms with Gasteiger partial charge in [0.2, 0.25) is 0 Å². The van der Waals surface area contributed by atoms with Crippen molar-refractivity contribution in [3.8, 4) is 11.3 Å². The van der Waals surface area contributed by atoms with E-state index in [-0.39, 0.29) is 12.6 Å². The van der Waals surface area contributed by atoms with E-state index in [0.29, 0.717) is 5.92 Å². The van der Waals surface area contributed by atoms with Crippen LogP contribution in [0.25, 0.3) is 22.4 Å². The summed E-state index contributed by atoms with van der Waals surface area (Å²) in [5.41, 5.74) is 7.86. The van der Waals surface area contributed by atoms with Gasteiger partial charge in [0, 0.05) is 23.1 Å². The van der Waals surface area contributed by atoms with Gasteiger partial charge in [0.15, 0.2) is 5.65 Å². The molecule has 3 rings (SSSR count). The predicted octanol–water partition coefficient (Wildman–Crippen LogP) is 5.77. The lowest BCUT2D eigenvalue weighted by Crippen LogP contribution is -2.12. The lowest BCUT2D eigenvalue weighted by atomic mass is 10.0. The van der Waals surface area contributed by atoms with Crippen molar-refractivity contribution in [3.63, 3.8) is 0 Å². The van der Waals surface area contributed by atoms with Gasteiger partial charge in [0.25, 0.3) is 0 Å². The molecule has 1 N–H and O–H groups in total. The number of fused-ring (bicyclic) bond motifs is 1. The fourth-order valence-corrected chi connectivity index (χ4v) is 3.56. The first-order valence-electron chi connectivity index (χ1n) is 10.9. The van der Waals surface area contributed by atoms with Gasteiger partial charge >= 0.3 is 0 Å². The van der Waals surface area contributed by atoms with Crippen molar-refractivity contribution in [3.05, 3.63) is 41.0 Å². The van der Waals surface area contributed by atoms with Crippen LogP contribution in [0.2, 0.25) is 0 Å². The second-order valence-electron chi connectivity index (χ2n) is 7.53. The monoisotopic (exact) mass is 396 g/mol. The van der Waals surface area contributed by atoms with Crippen LogP contribution in [0.3, 0.4) is 0 Å². The highest BCUT2D eigenvalue weighted by atomic mass is 16.3. The van der Waals surface area contributed by atoms with Crippen molar-refractivity contribution < 1.29 is 5.11 Å². The summed E-state index contributed by atoms with van der Waals surface area (Å²) in [5, 5.41) is 9.71. The average molecular weight is 397 g/mol. The molecule has 3 aromatic heterocycles. The summed E-state index contributed by atoms with van der Waals surface area (Å²) in [6.45, 7) is 16.7. The zero-order valence-corrected chi connectivity index (χ0v) is 19.2. The molecule has 3 aromatic rings. The SMILES string of the molecule is CC.CCc1nc(C(C)C)ccc1-c1nc2c(C)cn(C(CC)CO)c2nc1C. The van der Waals surface area contributed by atoms with E-state index < -0.39 is 0 Å². The van der Waals surface area contributed by atoms with E-state index >= 15 is 0 Å². The number of aliphatic hydroxyl groups excluding tert-OH is 1. The predicted molar refractivity (Wildman–Crippen MR) is 121 cm³/mol. The number of rotatable bonds is 6. The molecule has 0 aliphatic heterocycles. The molecule has 0 aliphatic carbocycles. The van der Waals surface area contributed by atoms with E-state index in [1.54, 1.807) is 0 Å². The van der Waals surface area contributed by atoms with Gasteiger partial charge in [-0.15, -0.1) is 0 Å². The first-order chi connectivity index (χ1) is 13.9. The van der Waals surface area contributed by atoms with Crippen LogP contribution in [-0.4, -0.2) is 31.2 Å². The number of pyridine rings is 1. The molecule has 0 bridgehead atoms. The van der Waals surface area contributed by atoms with Gasteiger partial charge in [-0.3, -0.25) is 4.98 Å². The zero-order valence-electron chi connectivity index (χ0n) is 19.2. The summed E-state index contributed by atoms with van der Waals surface area (Å²) in [6, 6.07) is 4.26. The van der Waals surface area contributed by atoms with Crippen molar-refractivity contribution in [2.75, 3.05) is 6.61 Å². The fourth-order valence-electron chi connectivity index (χ4n) is 3.56. The normalized spacial score (nSPS) is 12.2. The van der Waals surface area contributed by atoms with Crippen molar-refractivity contribution >= 4 is 11.2 Å². The Hall–Kier alpha value is -2.27. The Morgan fingerprint density at radius 1 is 1.03 bits per heavy atom. The zero-order chi connectivity index (χ0) is 21.7. The molecule has 0 amide bonds. The number of aromatic nitrogens is 4. The molecule has 0 saturated carbocycles. The Kier molecular flexibility index (Phi) is 7.91.